The van der Waals surface area contributed by atoms with Crippen molar-refractivity contribution in [3.8, 4) is 0 Å². The lowest BCUT2D eigenvalue weighted by Crippen LogP contribution is -2.09. The van der Waals surface area contributed by atoms with Crippen molar-refractivity contribution in [2.24, 2.45) is 0 Å². The van der Waals surface area contributed by atoms with Crippen LogP contribution in [0.5, 0.6) is 0 Å². The number of hydrogen-bond donors (Lipinski definition) is 2. The fourth-order valence-electron chi connectivity index (χ4n) is 2.61. The number of ether oxygens (including phenoxy) is 1. The zero-order chi connectivity index (χ0) is 16.9. The Labute approximate surface area is 139 Å². The van der Waals surface area contributed by atoms with Crippen molar-refractivity contribution < 1.29 is 19.1 Å². The quantitative estimate of drug-likeness (QED) is 0.676. The maximum Gasteiger partial charge on any atom is 0.374 e. The van der Waals surface area contributed by atoms with Gasteiger partial charge in [0.15, 0.2) is 0 Å². The summed E-state index contributed by atoms with van der Waals surface area (Å²) in [5.74, 6) is -0.238. The van der Waals surface area contributed by atoms with Gasteiger partial charge in [-0.25, -0.2) is 4.79 Å². The lowest BCUT2D eigenvalue weighted by atomic mass is 10.1. The van der Waals surface area contributed by atoms with Crippen LogP contribution in [0.4, 0.5) is 5.69 Å². The number of anilines is 1. The van der Waals surface area contributed by atoms with Gasteiger partial charge in [-0.2, -0.15) is 0 Å². The first-order valence-corrected chi connectivity index (χ1v) is 7.84. The summed E-state index contributed by atoms with van der Waals surface area (Å²) < 4.78 is 10.8. The van der Waals surface area contributed by atoms with E-state index in [0.29, 0.717) is 18.7 Å². The maximum absolute atomic E-state index is 12.2. The second-order valence-electron chi connectivity index (χ2n) is 5.34. The van der Waals surface area contributed by atoms with E-state index in [0.717, 1.165) is 22.2 Å². The zero-order valence-corrected chi connectivity index (χ0v) is 13.4. The average molecular weight is 325 g/mol. The van der Waals surface area contributed by atoms with Gasteiger partial charge in [0.05, 0.1) is 13.2 Å². The average Bonchev–Trinajstić information content (AvgIpc) is 2.99. The third kappa shape index (κ3) is 3.26. The Kier molecular flexibility index (Phi) is 4.82. The minimum absolute atomic E-state index is 0.0156. The summed E-state index contributed by atoms with van der Waals surface area (Å²) in [5, 5.41) is 13.4. The molecule has 5 heteroatoms. The summed E-state index contributed by atoms with van der Waals surface area (Å²) in [6.07, 6.45) is 0. The van der Waals surface area contributed by atoms with E-state index in [4.69, 9.17) is 9.15 Å². The number of carbonyl (C=O) groups excluding carboxylic acids is 1. The third-order valence-electron chi connectivity index (χ3n) is 3.74. The van der Waals surface area contributed by atoms with Gasteiger partial charge in [0.2, 0.25) is 5.76 Å². The molecule has 2 aromatic carbocycles. The van der Waals surface area contributed by atoms with E-state index in [-0.39, 0.29) is 12.4 Å². The highest BCUT2D eigenvalue weighted by molar-refractivity contribution is 5.96. The van der Waals surface area contributed by atoms with Crippen LogP contribution in [0.3, 0.4) is 0 Å². The second kappa shape index (κ2) is 7.19. The lowest BCUT2D eigenvalue weighted by molar-refractivity contribution is 0.0491. The molecule has 2 N–H and O–H groups in total. The fourth-order valence-corrected chi connectivity index (χ4v) is 2.61. The number of fused-ring (bicyclic) bond motifs is 1. The summed E-state index contributed by atoms with van der Waals surface area (Å²) in [5.41, 5.74) is 3.10. The van der Waals surface area contributed by atoms with Gasteiger partial charge in [-0.1, -0.05) is 30.3 Å². The summed E-state index contributed by atoms with van der Waals surface area (Å²) in [6.45, 7) is 2.46. The molecule has 24 heavy (non-hydrogen) atoms. The number of esters is 1. The summed E-state index contributed by atoms with van der Waals surface area (Å²) in [7, 11) is 0. The Morgan fingerprint density at radius 1 is 1.21 bits per heavy atom. The van der Waals surface area contributed by atoms with E-state index in [2.05, 4.69) is 5.32 Å². The van der Waals surface area contributed by atoms with Crippen LogP contribution in [0.1, 0.15) is 28.6 Å². The molecule has 0 bridgehead atoms. The zero-order valence-electron chi connectivity index (χ0n) is 13.4. The van der Waals surface area contributed by atoms with Crippen molar-refractivity contribution >= 4 is 22.6 Å². The van der Waals surface area contributed by atoms with E-state index in [1.807, 2.05) is 48.5 Å². The van der Waals surface area contributed by atoms with Crippen LogP contribution in [-0.2, 0) is 17.9 Å². The summed E-state index contributed by atoms with van der Waals surface area (Å²) >= 11 is 0. The molecule has 0 fully saturated rings. The number of para-hydroxylation sites is 1. The van der Waals surface area contributed by atoms with Gasteiger partial charge in [0.1, 0.15) is 5.58 Å². The van der Waals surface area contributed by atoms with Crippen LogP contribution in [0.25, 0.3) is 11.0 Å². The largest absolute Gasteiger partial charge is 0.460 e. The predicted octanol–water partition coefficient (Wildman–Crippen LogP) is 3.71. The Bertz CT molecular complexity index is 853. The number of hydrogen-bond acceptors (Lipinski definition) is 5. The molecule has 1 heterocycles. The van der Waals surface area contributed by atoms with Crippen molar-refractivity contribution in [3.63, 3.8) is 0 Å². The van der Waals surface area contributed by atoms with Gasteiger partial charge in [0.25, 0.3) is 0 Å². The second-order valence-corrected chi connectivity index (χ2v) is 5.34. The molecule has 3 aromatic rings. The Hall–Kier alpha value is -2.79. The predicted molar refractivity (Wildman–Crippen MR) is 91.9 cm³/mol. The summed E-state index contributed by atoms with van der Waals surface area (Å²) in [4.78, 5) is 12.2. The number of aliphatic hydroxyl groups is 1. The molecule has 0 radical (unpaired) electrons. The molecule has 0 aliphatic rings. The Morgan fingerprint density at radius 3 is 2.83 bits per heavy atom. The molecule has 0 amide bonds. The smallest absolute Gasteiger partial charge is 0.374 e. The van der Waals surface area contributed by atoms with Crippen LogP contribution in [0.15, 0.2) is 52.9 Å². The first kappa shape index (κ1) is 16.1. The first-order chi connectivity index (χ1) is 11.7. The molecule has 1 aromatic heterocycles. The lowest BCUT2D eigenvalue weighted by Gasteiger charge is -2.08. The Balaban J connectivity index is 1.91. The highest BCUT2D eigenvalue weighted by atomic mass is 16.5. The fraction of sp³-hybridized carbons (Fsp3) is 0.211. The van der Waals surface area contributed by atoms with Gasteiger partial charge in [-0.05, 0) is 30.7 Å². The molecule has 0 aliphatic carbocycles. The highest BCUT2D eigenvalue weighted by Gasteiger charge is 2.21. The highest BCUT2D eigenvalue weighted by Crippen LogP contribution is 2.27. The van der Waals surface area contributed by atoms with Gasteiger partial charge >= 0.3 is 5.97 Å². The van der Waals surface area contributed by atoms with Gasteiger partial charge in [-0.3, -0.25) is 0 Å². The third-order valence-corrected chi connectivity index (χ3v) is 3.74. The van der Waals surface area contributed by atoms with E-state index in [1.54, 1.807) is 6.92 Å². The van der Waals surface area contributed by atoms with Crippen LogP contribution in [0.2, 0.25) is 0 Å². The van der Waals surface area contributed by atoms with Crippen molar-refractivity contribution in [2.75, 3.05) is 11.9 Å². The minimum atomic E-state index is -0.463. The minimum Gasteiger partial charge on any atom is -0.460 e. The SMILES string of the molecule is CCOC(=O)c1oc2ccccc2c1CNc1cccc(CO)c1. The molecule has 0 saturated carbocycles. The topological polar surface area (TPSA) is 71.7 Å². The van der Waals surface area contributed by atoms with E-state index in [1.165, 1.54) is 0 Å². The molecule has 0 saturated heterocycles. The molecule has 0 spiro atoms. The molecule has 5 nitrogen and oxygen atoms in total. The van der Waals surface area contributed by atoms with Crippen molar-refractivity contribution in [1.82, 2.24) is 0 Å². The molecular weight excluding hydrogens is 306 g/mol. The number of aliphatic hydroxyl groups excluding tert-OH is 1. The van der Waals surface area contributed by atoms with E-state index < -0.39 is 5.97 Å². The Morgan fingerprint density at radius 2 is 2.04 bits per heavy atom. The summed E-state index contributed by atoms with van der Waals surface area (Å²) in [6, 6.07) is 15.0. The molecule has 0 atom stereocenters. The number of furan rings is 1. The van der Waals surface area contributed by atoms with Crippen LogP contribution in [-0.4, -0.2) is 17.7 Å². The van der Waals surface area contributed by atoms with E-state index in [9.17, 15) is 9.90 Å². The van der Waals surface area contributed by atoms with Crippen LogP contribution in [0, 0.1) is 0 Å². The molecular formula is C19H19NO4. The number of nitrogens with one attached hydrogen (secondary N) is 1. The van der Waals surface area contributed by atoms with Crippen molar-refractivity contribution in [2.45, 2.75) is 20.1 Å². The molecule has 124 valence electrons. The standard InChI is InChI=1S/C19H19NO4/c1-2-23-19(22)18-16(15-8-3-4-9-17(15)24-18)11-20-14-7-5-6-13(10-14)12-21/h3-10,20-21H,2,11-12H2,1H3. The first-order valence-electron chi connectivity index (χ1n) is 7.84. The van der Waals surface area contributed by atoms with Gasteiger partial charge in [0, 0.05) is 23.2 Å². The van der Waals surface area contributed by atoms with Crippen LogP contribution < -0.4 is 5.32 Å². The van der Waals surface area contributed by atoms with E-state index >= 15 is 0 Å². The molecule has 0 aliphatic heterocycles. The number of carbonyl (C=O) groups is 1. The molecule has 3 rings (SSSR count). The number of rotatable bonds is 6. The molecule has 0 unspecified atom stereocenters. The van der Waals surface area contributed by atoms with Gasteiger partial charge < -0.3 is 19.6 Å². The van der Waals surface area contributed by atoms with Gasteiger partial charge in [-0.15, -0.1) is 0 Å². The number of benzene rings is 2. The monoisotopic (exact) mass is 325 g/mol. The maximum atomic E-state index is 12.2. The van der Waals surface area contributed by atoms with Crippen molar-refractivity contribution in [1.29, 1.82) is 0 Å². The normalized spacial score (nSPS) is 10.8. The van der Waals surface area contributed by atoms with Crippen molar-refractivity contribution in [3.05, 3.63) is 65.4 Å². The van der Waals surface area contributed by atoms with Crippen LogP contribution >= 0.6 is 0 Å².